The molecular weight excluding hydrogens is 178 g/mol. The molecule has 4 nitrogen and oxygen atoms in total. The number of nitrogens with one attached hydrogen (secondary N) is 1. The highest BCUT2D eigenvalue weighted by atomic mass is 16.1. The highest BCUT2D eigenvalue weighted by Crippen LogP contribution is 2.26. The Morgan fingerprint density at radius 2 is 2.21 bits per heavy atom. The van der Waals surface area contributed by atoms with E-state index in [0.29, 0.717) is 19.0 Å². The zero-order chi connectivity index (χ0) is 10.4. The lowest BCUT2D eigenvalue weighted by molar-refractivity contribution is -0.121. The Morgan fingerprint density at radius 1 is 1.50 bits per heavy atom. The lowest BCUT2D eigenvalue weighted by Crippen LogP contribution is -2.35. The first kappa shape index (κ1) is 11.5. The Balaban J connectivity index is 2.15. The quantitative estimate of drug-likeness (QED) is 0.604. The number of rotatable bonds is 7. The van der Waals surface area contributed by atoms with Crippen LogP contribution in [-0.4, -0.2) is 43.0 Å². The van der Waals surface area contributed by atoms with Crippen molar-refractivity contribution in [3.63, 3.8) is 0 Å². The van der Waals surface area contributed by atoms with Crippen molar-refractivity contribution in [2.75, 3.05) is 26.2 Å². The van der Waals surface area contributed by atoms with Gasteiger partial charge in [0.1, 0.15) is 0 Å². The van der Waals surface area contributed by atoms with Gasteiger partial charge in [0, 0.05) is 38.6 Å². The molecule has 3 N–H and O–H groups in total. The number of nitrogens with zero attached hydrogens (tertiary/aromatic N) is 1. The van der Waals surface area contributed by atoms with Gasteiger partial charge in [0.05, 0.1) is 0 Å². The van der Waals surface area contributed by atoms with Gasteiger partial charge in [0.2, 0.25) is 5.91 Å². The second kappa shape index (κ2) is 5.98. The fourth-order valence-electron chi connectivity index (χ4n) is 1.61. The molecule has 4 heteroatoms. The predicted octanol–water partition coefficient (Wildman–Crippen LogP) is -0.0643. The fraction of sp³-hybridized carbons (Fsp3) is 0.900. The number of amides is 1. The monoisotopic (exact) mass is 199 g/mol. The van der Waals surface area contributed by atoms with Crippen LogP contribution in [0, 0.1) is 0 Å². The molecular formula is C10H21N3O. The van der Waals surface area contributed by atoms with E-state index in [1.54, 1.807) is 0 Å². The molecule has 82 valence electrons. The van der Waals surface area contributed by atoms with Gasteiger partial charge in [0.25, 0.3) is 0 Å². The normalized spacial score (nSPS) is 15.9. The van der Waals surface area contributed by atoms with Crippen molar-refractivity contribution in [2.24, 2.45) is 5.73 Å². The van der Waals surface area contributed by atoms with Gasteiger partial charge in [-0.05, 0) is 19.8 Å². The summed E-state index contributed by atoms with van der Waals surface area (Å²) < 4.78 is 0. The Morgan fingerprint density at radius 3 is 2.71 bits per heavy atom. The molecule has 0 atom stereocenters. The topological polar surface area (TPSA) is 58.4 Å². The summed E-state index contributed by atoms with van der Waals surface area (Å²) >= 11 is 0. The van der Waals surface area contributed by atoms with Crippen LogP contribution in [0.5, 0.6) is 0 Å². The van der Waals surface area contributed by atoms with E-state index in [9.17, 15) is 4.79 Å². The van der Waals surface area contributed by atoms with Crippen LogP contribution < -0.4 is 11.1 Å². The molecule has 0 spiro atoms. The van der Waals surface area contributed by atoms with Crippen LogP contribution >= 0.6 is 0 Å². The molecule has 1 amide bonds. The third kappa shape index (κ3) is 4.07. The standard InChI is InChI=1S/C10H21N3O/c1-2-12-10(14)5-7-13(8-6-11)9-3-4-9/h9H,2-8,11H2,1H3,(H,12,14). The molecule has 0 aromatic heterocycles. The zero-order valence-electron chi connectivity index (χ0n) is 8.96. The van der Waals surface area contributed by atoms with Gasteiger partial charge in [-0.25, -0.2) is 0 Å². The van der Waals surface area contributed by atoms with Crippen molar-refractivity contribution in [3.8, 4) is 0 Å². The van der Waals surface area contributed by atoms with Crippen LogP contribution in [0.15, 0.2) is 0 Å². The van der Waals surface area contributed by atoms with E-state index in [0.717, 1.165) is 19.6 Å². The number of hydrogen-bond donors (Lipinski definition) is 2. The summed E-state index contributed by atoms with van der Waals surface area (Å²) in [6.45, 7) is 5.12. The van der Waals surface area contributed by atoms with Crippen LogP contribution in [0.2, 0.25) is 0 Å². The Hall–Kier alpha value is -0.610. The van der Waals surface area contributed by atoms with E-state index < -0.39 is 0 Å². The smallest absolute Gasteiger partial charge is 0.221 e. The Bertz CT molecular complexity index is 180. The average Bonchev–Trinajstić information content (AvgIpc) is 2.96. The van der Waals surface area contributed by atoms with E-state index in [1.807, 2.05) is 6.92 Å². The molecule has 1 saturated carbocycles. The molecule has 0 unspecified atom stereocenters. The zero-order valence-corrected chi connectivity index (χ0v) is 8.96. The van der Waals surface area contributed by atoms with Crippen molar-refractivity contribution in [2.45, 2.75) is 32.2 Å². The van der Waals surface area contributed by atoms with Crippen LogP contribution in [0.3, 0.4) is 0 Å². The SMILES string of the molecule is CCNC(=O)CCN(CCN)C1CC1. The summed E-state index contributed by atoms with van der Waals surface area (Å²) in [7, 11) is 0. The van der Waals surface area contributed by atoms with Crippen molar-refractivity contribution < 1.29 is 4.79 Å². The van der Waals surface area contributed by atoms with Gasteiger partial charge < -0.3 is 11.1 Å². The molecule has 0 bridgehead atoms. The molecule has 1 fully saturated rings. The second-order valence-corrected chi connectivity index (χ2v) is 3.76. The number of carbonyl (C=O) groups is 1. The highest BCUT2D eigenvalue weighted by Gasteiger charge is 2.28. The summed E-state index contributed by atoms with van der Waals surface area (Å²) in [5, 5.41) is 2.81. The van der Waals surface area contributed by atoms with Gasteiger partial charge >= 0.3 is 0 Å². The highest BCUT2D eigenvalue weighted by molar-refractivity contribution is 5.75. The summed E-state index contributed by atoms with van der Waals surface area (Å²) in [5.74, 6) is 0.148. The molecule has 1 aliphatic rings. The largest absolute Gasteiger partial charge is 0.356 e. The maximum absolute atomic E-state index is 11.2. The lowest BCUT2D eigenvalue weighted by atomic mass is 10.3. The molecule has 0 aromatic carbocycles. The molecule has 0 aliphatic heterocycles. The van der Waals surface area contributed by atoms with E-state index in [1.165, 1.54) is 12.8 Å². The van der Waals surface area contributed by atoms with Crippen LogP contribution in [-0.2, 0) is 4.79 Å². The maximum atomic E-state index is 11.2. The van der Waals surface area contributed by atoms with Crippen LogP contribution in [0.4, 0.5) is 0 Å². The van der Waals surface area contributed by atoms with E-state index >= 15 is 0 Å². The second-order valence-electron chi connectivity index (χ2n) is 3.76. The summed E-state index contributed by atoms with van der Waals surface area (Å²) in [5.41, 5.74) is 5.52. The van der Waals surface area contributed by atoms with Crippen LogP contribution in [0.25, 0.3) is 0 Å². The summed E-state index contributed by atoms with van der Waals surface area (Å²) in [4.78, 5) is 13.6. The summed E-state index contributed by atoms with van der Waals surface area (Å²) in [6.07, 6.45) is 3.15. The van der Waals surface area contributed by atoms with Crippen molar-refractivity contribution in [3.05, 3.63) is 0 Å². The first-order valence-electron chi connectivity index (χ1n) is 5.48. The first-order valence-corrected chi connectivity index (χ1v) is 5.48. The molecule has 0 aromatic rings. The van der Waals surface area contributed by atoms with Gasteiger partial charge in [-0.2, -0.15) is 0 Å². The first-order chi connectivity index (χ1) is 6.77. The lowest BCUT2D eigenvalue weighted by Gasteiger charge is -2.20. The van der Waals surface area contributed by atoms with Gasteiger partial charge in [-0.15, -0.1) is 0 Å². The molecule has 1 aliphatic carbocycles. The third-order valence-electron chi connectivity index (χ3n) is 2.48. The maximum Gasteiger partial charge on any atom is 0.221 e. The van der Waals surface area contributed by atoms with Gasteiger partial charge in [-0.1, -0.05) is 0 Å². The van der Waals surface area contributed by atoms with E-state index in [-0.39, 0.29) is 5.91 Å². The minimum absolute atomic E-state index is 0.148. The van der Waals surface area contributed by atoms with Gasteiger partial charge in [-0.3, -0.25) is 9.69 Å². The average molecular weight is 199 g/mol. The van der Waals surface area contributed by atoms with E-state index in [2.05, 4.69) is 10.2 Å². The number of carbonyl (C=O) groups excluding carboxylic acids is 1. The molecule has 1 rings (SSSR count). The Labute approximate surface area is 85.8 Å². The van der Waals surface area contributed by atoms with Crippen molar-refractivity contribution >= 4 is 5.91 Å². The number of nitrogens with two attached hydrogens (primary N) is 1. The van der Waals surface area contributed by atoms with Gasteiger partial charge in [0.15, 0.2) is 0 Å². The molecule has 0 heterocycles. The Kier molecular flexibility index (Phi) is 4.90. The molecule has 0 radical (unpaired) electrons. The predicted molar refractivity (Wildman–Crippen MR) is 57.0 cm³/mol. The number of hydrogen-bond acceptors (Lipinski definition) is 3. The minimum Gasteiger partial charge on any atom is -0.356 e. The van der Waals surface area contributed by atoms with Crippen molar-refractivity contribution in [1.82, 2.24) is 10.2 Å². The van der Waals surface area contributed by atoms with E-state index in [4.69, 9.17) is 5.73 Å². The fourth-order valence-corrected chi connectivity index (χ4v) is 1.61. The minimum atomic E-state index is 0.148. The third-order valence-corrected chi connectivity index (χ3v) is 2.48. The summed E-state index contributed by atoms with van der Waals surface area (Å²) in [6, 6.07) is 0.702. The molecule has 0 saturated heterocycles. The van der Waals surface area contributed by atoms with Crippen molar-refractivity contribution in [1.29, 1.82) is 0 Å². The van der Waals surface area contributed by atoms with Crippen LogP contribution in [0.1, 0.15) is 26.2 Å². The molecule has 14 heavy (non-hydrogen) atoms.